The minimum Gasteiger partial charge on any atom is -0.373 e. The third-order valence-corrected chi connectivity index (χ3v) is 3.65. The first-order chi connectivity index (χ1) is 9.52. The Bertz CT molecular complexity index is 484. The van der Waals surface area contributed by atoms with Crippen molar-refractivity contribution in [1.29, 1.82) is 0 Å². The number of hydrogen-bond donors (Lipinski definition) is 1. The smallest absolute Gasteiger partial charge is 0.311 e. The molecule has 2 heterocycles. The second-order valence-corrected chi connectivity index (χ2v) is 5.16. The maximum Gasteiger partial charge on any atom is 0.311 e. The van der Waals surface area contributed by atoms with E-state index in [1.165, 1.54) is 6.07 Å². The predicted octanol–water partition coefficient (Wildman–Crippen LogP) is 1.56. The van der Waals surface area contributed by atoms with Crippen LogP contribution >= 0.6 is 0 Å². The third kappa shape index (κ3) is 2.98. The van der Waals surface area contributed by atoms with Gasteiger partial charge in [-0.1, -0.05) is 0 Å². The average Bonchev–Trinajstić information content (AvgIpc) is 2.46. The molecule has 7 nitrogen and oxygen atoms in total. The maximum absolute atomic E-state index is 11.1. The summed E-state index contributed by atoms with van der Waals surface area (Å²) < 4.78 is 0. The SMILES string of the molecule is CNc1ccc([N+](=O)[O-])c(N2CCN(C(C)C)CC2)n1. The highest BCUT2D eigenvalue weighted by Crippen LogP contribution is 2.28. The Hall–Kier alpha value is -1.89. The molecule has 1 aromatic rings. The van der Waals surface area contributed by atoms with Crippen LogP contribution in [-0.4, -0.2) is 54.1 Å². The van der Waals surface area contributed by atoms with Gasteiger partial charge in [0.05, 0.1) is 4.92 Å². The van der Waals surface area contributed by atoms with E-state index >= 15 is 0 Å². The molecule has 1 N–H and O–H groups in total. The Labute approximate surface area is 118 Å². The molecule has 1 saturated heterocycles. The lowest BCUT2D eigenvalue weighted by Gasteiger charge is -2.37. The standard InChI is InChI=1S/C13H21N5O2/c1-10(2)16-6-8-17(9-7-16)13-11(18(19)20)4-5-12(14-3)15-13/h4-5,10H,6-9H2,1-3H3,(H,14,15). The summed E-state index contributed by atoms with van der Waals surface area (Å²) in [5, 5.41) is 14.1. The number of rotatable bonds is 4. The summed E-state index contributed by atoms with van der Waals surface area (Å²) in [5.74, 6) is 1.11. The molecule has 0 bridgehead atoms. The first-order valence-corrected chi connectivity index (χ1v) is 6.85. The van der Waals surface area contributed by atoms with Crippen molar-refractivity contribution in [3.8, 4) is 0 Å². The maximum atomic E-state index is 11.1. The minimum atomic E-state index is -0.364. The molecule has 0 radical (unpaired) electrons. The second-order valence-electron chi connectivity index (χ2n) is 5.16. The topological polar surface area (TPSA) is 74.5 Å². The fourth-order valence-electron chi connectivity index (χ4n) is 2.41. The summed E-state index contributed by atoms with van der Waals surface area (Å²) in [6.07, 6.45) is 0. The zero-order valence-corrected chi connectivity index (χ0v) is 12.2. The Morgan fingerprint density at radius 2 is 1.95 bits per heavy atom. The molecular formula is C13H21N5O2. The zero-order chi connectivity index (χ0) is 14.7. The van der Waals surface area contributed by atoms with Crippen molar-refractivity contribution in [3.63, 3.8) is 0 Å². The summed E-state index contributed by atoms with van der Waals surface area (Å²) in [6.45, 7) is 7.66. The number of hydrogen-bond acceptors (Lipinski definition) is 6. The Morgan fingerprint density at radius 1 is 1.30 bits per heavy atom. The highest BCUT2D eigenvalue weighted by atomic mass is 16.6. The van der Waals surface area contributed by atoms with Crippen LogP contribution in [0, 0.1) is 10.1 Å². The normalized spacial score (nSPS) is 16.5. The molecule has 0 spiro atoms. The zero-order valence-electron chi connectivity index (χ0n) is 12.2. The van der Waals surface area contributed by atoms with Crippen molar-refractivity contribution >= 4 is 17.3 Å². The summed E-state index contributed by atoms with van der Waals surface area (Å²) in [5.41, 5.74) is 0.0713. The van der Waals surface area contributed by atoms with Crippen LogP contribution in [0.1, 0.15) is 13.8 Å². The predicted molar refractivity (Wildman–Crippen MR) is 79.4 cm³/mol. The molecule has 110 valence electrons. The van der Waals surface area contributed by atoms with Gasteiger partial charge < -0.3 is 10.2 Å². The van der Waals surface area contributed by atoms with E-state index in [-0.39, 0.29) is 10.6 Å². The largest absolute Gasteiger partial charge is 0.373 e. The molecule has 1 fully saturated rings. The highest BCUT2D eigenvalue weighted by molar-refractivity contribution is 5.62. The number of piperazine rings is 1. The molecule has 2 rings (SSSR count). The number of anilines is 2. The summed E-state index contributed by atoms with van der Waals surface area (Å²) in [4.78, 5) is 19.5. The second kappa shape index (κ2) is 6.04. The summed E-state index contributed by atoms with van der Waals surface area (Å²) in [7, 11) is 1.76. The van der Waals surface area contributed by atoms with Gasteiger partial charge in [-0.05, 0) is 19.9 Å². The first kappa shape index (κ1) is 14.5. The highest BCUT2D eigenvalue weighted by Gasteiger charge is 2.26. The van der Waals surface area contributed by atoms with Crippen LogP contribution < -0.4 is 10.2 Å². The number of aromatic nitrogens is 1. The molecule has 0 unspecified atom stereocenters. The van der Waals surface area contributed by atoms with Crippen LogP contribution in [0.4, 0.5) is 17.3 Å². The first-order valence-electron chi connectivity index (χ1n) is 6.85. The van der Waals surface area contributed by atoms with Crippen LogP contribution in [-0.2, 0) is 0 Å². The van der Waals surface area contributed by atoms with Gasteiger partial charge in [-0.25, -0.2) is 4.98 Å². The Kier molecular flexibility index (Phi) is 4.39. The molecule has 0 aliphatic carbocycles. The fourth-order valence-corrected chi connectivity index (χ4v) is 2.41. The van der Waals surface area contributed by atoms with E-state index in [1.54, 1.807) is 13.1 Å². The van der Waals surface area contributed by atoms with Gasteiger partial charge in [-0.15, -0.1) is 0 Å². The van der Waals surface area contributed by atoms with Crippen molar-refractivity contribution < 1.29 is 4.92 Å². The molecule has 20 heavy (non-hydrogen) atoms. The molecule has 0 aromatic carbocycles. The van der Waals surface area contributed by atoms with Gasteiger partial charge in [-0.2, -0.15) is 0 Å². The molecular weight excluding hydrogens is 258 g/mol. The molecule has 1 aliphatic heterocycles. The van der Waals surface area contributed by atoms with Crippen molar-refractivity contribution in [2.24, 2.45) is 0 Å². The van der Waals surface area contributed by atoms with E-state index in [4.69, 9.17) is 0 Å². The molecule has 0 atom stereocenters. The quantitative estimate of drug-likeness (QED) is 0.666. The third-order valence-electron chi connectivity index (χ3n) is 3.65. The minimum absolute atomic E-state index is 0.0713. The lowest BCUT2D eigenvalue weighted by atomic mass is 10.2. The van der Waals surface area contributed by atoms with Crippen molar-refractivity contribution in [2.75, 3.05) is 43.4 Å². The van der Waals surface area contributed by atoms with Crippen LogP contribution in [0.15, 0.2) is 12.1 Å². The van der Waals surface area contributed by atoms with E-state index in [1.807, 2.05) is 4.90 Å². The van der Waals surface area contributed by atoms with Crippen molar-refractivity contribution in [2.45, 2.75) is 19.9 Å². The number of nitro groups is 1. The van der Waals surface area contributed by atoms with Gasteiger partial charge in [0.15, 0.2) is 0 Å². The molecule has 1 aliphatic rings. The van der Waals surface area contributed by atoms with Gasteiger partial charge in [0.2, 0.25) is 5.82 Å². The van der Waals surface area contributed by atoms with E-state index in [2.05, 4.69) is 29.0 Å². The number of nitrogens with one attached hydrogen (secondary N) is 1. The van der Waals surface area contributed by atoms with Crippen LogP contribution in [0.5, 0.6) is 0 Å². The van der Waals surface area contributed by atoms with E-state index in [0.29, 0.717) is 17.7 Å². The monoisotopic (exact) mass is 279 g/mol. The van der Waals surface area contributed by atoms with Gasteiger partial charge >= 0.3 is 5.69 Å². The van der Waals surface area contributed by atoms with E-state index in [0.717, 1.165) is 26.2 Å². The molecule has 1 aromatic heterocycles. The van der Waals surface area contributed by atoms with Crippen molar-refractivity contribution in [1.82, 2.24) is 9.88 Å². The fraction of sp³-hybridized carbons (Fsp3) is 0.615. The van der Waals surface area contributed by atoms with Gasteiger partial charge in [0, 0.05) is 45.3 Å². The molecule has 7 heteroatoms. The number of pyridine rings is 1. The summed E-state index contributed by atoms with van der Waals surface area (Å²) >= 11 is 0. The van der Waals surface area contributed by atoms with E-state index in [9.17, 15) is 10.1 Å². The lowest BCUT2D eigenvalue weighted by molar-refractivity contribution is -0.384. The average molecular weight is 279 g/mol. The molecule has 0 saturated carbocycles. The van der Waals surface area contributed by atoms with Gasteiger partial charge in [0.25, 0.3) is 0 Å². The Morgan fingerprint density at radius 3 is 2.45 bits per heavy atom. The van der Waals surface area contributed by atoms with Gasteiger partial charge in [-0.3, -0.25) is 15.0 Å². The lowest BCUT2D eigenvalue weighted by Crippen LogP contribution is -2.49. The number of nitrogens with zero attached hydrogens (tertiary/aromatic N) is 4. The van der Waals surface area contributed by atoms with Crippen LogP contribution in [0.3, 0.4) is 0 Å². The Balaban J connectivity index is 2.21. The summed E-state index contributed by atoms with van der Waals surface area (Å²) in [6, 6.07) is 3.65. The van der Waals surface area contributed by atoms with Gasteiger partial charge in [0.1, 0.15) is 5.82 Å². The van der Waals surface area contributed by atoms with Crippen LogP contribution in [0.25, 0.3) is 0 Å². The van der Waals surface area contributed by atoms with E-state index < -0.39 is 0 Å². The van der Waals surface area contributed by atoms with Crippen molar-refractivity contribution in [3.05, 3.63) is 22.2 Å². The van der Waals surface area contributed by atoms with Crippen LogP contribution in [0.2, 0.25) is 0 Å². The molecule has 0 amide bonds.